The van der Waals surface area contributed by atoms with Crippen molar-refractivity contribution in [1.29, 1.82) is 0 Å². The van der Waals surface area contributed by atoms with Gasteiger partial charge in [-0.1, -0.05) is 0 Å². The molecule has 3 fully saturated rings. The summed E-state index contributed by atoms with van der Waals surface area (Å²) in [5.74, 6) is 0.871. The smallest absolute Gasteiger partial charge is 0.398 e. The maximum Gasteiger partial charge on any atom is 0.419 e. The van der Waals surface area contributed by atoms with E-state index in [0.29, 0.717) is 23.3 Å². The van der Waals surface area contributed by atoms with E-state index < -0.39 is 17.6 Å². The standard InChI is InChI=1S/C23H32F3N5O/c1-13(2)30-19(9-18(27)14-8-17(23(24,25)26)21(28)29-12-14)20-15-10-22(11-16(15)20)4-5-31(22)6-7-32-3/h8-9,12-13,15-16,20H,4-7,10-11,27H2,1-3H3,(H2,28,29)/t15-,16+,20?,22?. The van der Waals surface area contributed by atoms with E-state index in [1.165, 1.54) is 12.6 Å². The number of aromatic nitrogens is 1. The Balaban J connectivity index is 1.52. The fourth-order valence-electron chi connectivity index (χ4n) is 5.62. The Hall–Kier alpha value is -2.13. The van der Waals surface area contributed by atoms with Crippen LogP contribution in [-0.2, 0) is 10.9 Å². The van der Waals surface area contributed by atoms with Gasteiger partial charge in [-0.25, -0.2) is 4.98 Å². The fraction of sp³-hybridized carbons (Fsp3) is 0.652. The molecule has 4 atom stereocenters. The number of halogens is 3. The highest BCUT2D eigenvalue weighted by atomic mass is 19.4. The van der Waals surface area contributed by atoms with Gasteiger partial charge in [-0.3, -0.25) is 9.89 Å². The number of nitrogens with two attached hydrogens (primary N) is 2. The summed E-state index contributed by atoms with van der Waals surface area (Å²) in [5, 5.41) is 0. The number of ether oxygens (including phenoxy) is 1. The Morgan fingerprint density at radius 3 is 2.59 bits per heavy atom. The van der Waals surface area contributed by atoms with E-state index in [4.69, 9.17) is 21.2 Å². The fourth-order valence-corrected chi connectivity index (χ4v) is 5.62. The Labute approximate surface area is 186 Å². The van der Waals surface area contributed by atoms with Crippen LogP contribution in [0.25, 0.3) is 5.70 Å². The van der Waals surface area contributed by atoms with Crippen molar-refractivity contribution in [3.8, 4) is 0 Å². The number of anilines is 1. The molecular weight excluding hydrogens is 419 g/mol. The molecule has 4 rings (SSSR count). The molecule has 1 aromatic heterocycles. The zero-order valence-electron chi connectivity index (χ0n) is 18.8. The highest BCUT2D eigenvalue weighted by Crippen LogP contribution is 2.65. The average molecular weight is 452 g/mol. The summed E-state index contributed by atoms with van der Waals surface area (Å²) in [5.41, 5.74) is 12.3. The molecule has 1 saturated heterocycles. The van der Waals surface area contributed by atoms with Gasteiger partial charge in [0.25, 0.3) is 0 Å². The molecule has 6 nitrogen and oxygen atoms in total. The molecule has 0 radical (unpaired) electrons. The molecule has 2 saturated carbocycles. The second-order valence-corrected chi connectivity index (χ2v) is 9.62. The quantitative estimate of drug-likeness (QED) is 0.619. The van der Waals surface area contributed by atoms with E-state index in [1.807, 2.05) is 13.8 Å². The molecule has 3 aliphatic rings. The van der Waals surface area contributed by atoms with Gasteiger partial charge in [0, 0.05) is 60.9 Å². The second kappa shape index (κ2) is 8.33. The first kappa shape index (κ1) is 23.0. The van der Waals surface area contributed by atoms with Gasteiger partial charge < -0.3 is 16.2 Å². The molecule has 2 heterocycles. The molecule has 1 spiro atoms. The maximum absolute atomic E-state index is 13.2. The van der Waals surface area contributed by atoms with Crippen LogP contribution in [0.4, 0.5) is 19.0 Å². The molecule has 0 bridgehead atoms. The topological polar surface area (TPSA) is 89.8 Å². The van der Waals surface area contributed by atoms with Crippen molar-refractivity contribution < 1.29 is 17.9 Å². The van der Waals surface area contributed by atoms with Gasteiger partial charge in [0.1, 0.15) is 5.82 Å². The van der Waals surface area contributed by atoms with E-state index in [9.17, 15) is 13.2 Å². The summed E-state index contributed by atoms with van der Waals surface area (Å²) < 4.78 is 44.9. The van der Waals surface area contributed by atoms with Crippen LogP contribution in [-0.4, -0.2) is 54.0 Å². The van der Waals surface area contributed by atoms with E-state index in [1.54, 1.807) is 13.2 Å². The summed E-state index contributed by atoms with van der Waals surface area (Å²) in [4.78, 5) is 11.0. The molecule has 4 N–H and O–H groups in total. The lowest BCUT2D eigenvalue weighted by Crippen LogP contribution is -2.60. The third kappa shape index (κ3) is 4.24. The number of fused-ring (bicyclic) bond motifs is 1. The maximum atomic E-state index is 13.2. The van der Waals surface area contributed by atoms with E-state index >= 15 is 0 Å². The first-order chi connectivity index (χ1) is 15.1. The first-order valence-corrected chi connectivity index (χ1v) is 11.2. The van der Waals surface area contributed by atoms with Crippen LogP contribution in [0.5, 0.6) is 0 Å². The zero-order valence-corrected chi connectivity index (χ0v) is 18.8. The van der Waals surface area contributed by atoms with Crippen LogP contribution in [0.3, 0.4) is 0 Å². The second-order valence-electron chi connectivity index (χ2n) is 9.62. The van der Waals surface area contributed by atoms with Gasteiger partial charge in [0.2, 0.25) is 0 Å². The van der Waals surface area contributed by atoms with Crippen molar-refractivity contribution in [2.75, 3.05) is 32.5 Å². The highest BCUT2D eigenvalue weighted by molar-refractivity contribution is 6.04. The van der Waals surface area contributed by atoms with Crippen molar-refractivity contribution in [1.82, 2.24) is 9.88 Å². The van der Waals surface area contributed by atoms with Crippen molar-refractivity contribution in [3.05, 3.63) is 29.5 Å². The molecule has 32 heavy (non-hydrogen) atoms. The number of alkyl halides is 3. The van der Waals surface area contributed by atoms with Crippen LogP contribution in [0.15, 0.2) is 23.3 Å². The number of hydrogen-bond acceptors (Lipinski definition) is 6. The highest BCUT2D eigenvalue weighted by Gasteiger charge is 2.65. The molecule has 1 aromatic rings. The van der Waals surface area contributed by atoms with Gasteiger partial charge in [-0.05, 0) is 57.1 Å². The van der Waals surface area contributed by atoms with Gasteiger partial charge in [0.05, 0.1) is 12.2 Å². The normalized spacial score (nSPS) is 30.7. The van der Waals surface area contributed by atoms with Crippen LogP contribution in [0.2, 0.25) is 0 Å². The first-order valence-electron chi connectivity index (χ1n) is 11.2. The number of allylic oxidation sites excluding steroid dienone is 1. The molecule has 1 aliphatic heterocycles. The van der Waals surface area contributed by atoms with Crippen molar-refractivity contribution in [2.24, 2.45) is 28.5 Å². The van der Waals surface area contributed by atoms with E-state index in [2.05, 4.69) is 9.88 Å². The lowest BCUT2D eigenvalue weighted by atomic mass is 9.78. The van der Waals surface area contributed by atoms with Crippen LogP contribution >= 0.6 is 0 Å². The molecule has 0 aromatic carbocycles. The van der Waals surface area contributed by atoms with Gasteiger partial charge in [-0.15, -0.1) is 0 Å². The predicted molar refractivity (Wildman–Crippen MR) is 119 cm³/mol. The number of aliphatic imine (C=N–C) groups is 1. The number of hydrogen-bond donors (Lipinski definition) is 2. The van der Waals surface area contributed by atoms with Crippen LogP contribution in [0, 0.1) is 17.8 Å². The minimum Gasteiger partial charge on any atom is -0.398 e. The predicted octanol–water partition coefficient (Wildman–Crippen LogP) is 3.58. The Morgan fingerprint density at radius 1 is 1.38 bits per heavy atom. The average Bonchev–Trinajstić information content (AvgIpc) is 3.20. The number of nitrogens with zero attached hydrogens (tertiary/aromatic N) is 3. The molecule has 0 amide bonds. The minimum atomic E-state index is -4.58. The lowest BCUT2D eigenvalue weighted by molar-refractivity contribution is -0.137. The SMILES string of the molecule is COCCN1CCC12C[C@@H]1C(C(C=C(N)c3cnc(N)c(C(F)(F)F)c3)=NC(C)C)[C@@H]1C2. The summed E-state index contributed by atoms with van der Waals surface area (Å²) >= 11 is 0. The van der Waals surface area contributed by atoms with Gasteiger partial charge >= 0.3 is 6.18 Å². The Morgan fingerprint density at radius 2 is 2.06 bits per heavy atom. The molecule has 176 valence electrons. The minimum absolute atomic E-state index is 0.0709. The lowest BCUT2D eigenvalue weighted by Gasteiger charge is -2.52. The van der Waals surface area contributed by atoms with Crippen LogP contribution < -0.4 is 11.5 Å². The molecule has 2 aliphatic carbocycles. The summed E-state index contributed by atoms with van der Waals surface area (Å²) in [7, 11) is 1.73. The Kier molecular flexibility index (Phi) is 6.00. The monoisotopic (exact) mass is 451 g/mol. The molecule has 9 heteroatoms. The van der Waals surface area contributed by atoms with E-state index in [-0.39, 0.29) is 17.3 Å². The van der Waals surface area contributed by atoms with Crippen LogP contribution in [0.1, 0.15) is 44.2 Å². The number of nitrogen functional groups attached to an aromatic ring is 1. The number of methoxy groups -OCH3 is 1. The van der Waals surface area contributed by atoms with Gasteiger partial charge in [0.15, 0.2) is 0 Å². The number of rotatable bonds is 7. The molecule has 2 unspecified atom stereocenters. The summed E-state index contributed by atoms with van der Waals surface area (Å²) in [6, 6.07) is 1.04. The third-order valence-corrected chi connectivity index (χ3v) is 7.26. The summed E-state index contributed by atoms with van der Waals surface area (Å²) in [6.07, 6.45) is 1.95. The van der Waals surface area contributed by atoms with Crippen molar-refractivity contribution in [2.45, 2.75) is 50.9 Å². The zero-order chi connectivity index (χ0) is 23.3. The summed E-state index contributed by atoms with van der Waals surface area (Å²) in [6.45, 7) is 6.82. The van der Waals surface area contributed by atoms with Gasteiger partial charge in [-0.2, -0.15) is 13.2 Å². The number of pyridine rings is 1. The van der Waals surface area contributed by atoms with Crippen molar-refractivity contribution >= 4 is 17.2 Å². The number of likely N-dealkylation sites (tertiary alicyclic amines) is 1. The van der Waals surface area contributed by atoms with Crippen molar-refractivity contribution in [3.63, 3.8) is 0 Å². The van der Waals surface area contributed by atoms with E-state index in [0.717, 1.165) is 44.3 Å². The molecular formula is C23H32F3N5O. The third-order valence-electron chi connectivity index (χ3n) is 7.26. The largest absolute Gasteiger partial charge is 0.419 e. The Bertz CT molecular complexity index is 915.